The van der Waals surface area contributed by atoms with Gasteiger partial charge in [0.1, 0.15) is 12.2 Å². The van der Waals surface area contributed by atoms with E-state index in [4.69, 9.17) is 13.8 Å². The SMILES string of the molecule is CC(C)(C)OC(=O)NCCOP(=O)(O)OCC(=O)C1CCC2C3CCC4=CC(=O)C=CC4(C)C3C(O)CC12C. The Hall–Kier alpha value is -1.84. The number of allylic oxidation sites excluding steroid dienone is 4. The third-order valence-electron chi connectivity index (χ3n) is 9.28. The number of alkyl carbamates (subject to hydrolysis) is 1. The fourth-order valence-electron chi connectivity index (χ4n) is 7.77. The van der Waals surface area contributed by atoms with Crippen LogP contribution in [0.5, 0.6) is 0 Å². The lowest BCUT2D eigenvalue weighted by atomic mass is 9.46. The van der Waals surface area contributed by atoms with Crippen LogP contribution in [0, 0.1) is 34.5 Å². The molecule has 10 nitrogen and oxygen atoms in total. The monoisotopic (exact) mass is 567 g/mol. The molecule has 11 heteroatoms. The number of ether oxygens (including phenoxy) is 1. The van der Waals surface area contributed by atoms with E-state index in [0.717, 1.165) is 24.8 Å². The van der Waals surface area contributed by atoms with Crippen LogP contribution in [0.4, 0.5) is 4.79 Å². The van der Waals surface area contributed by atoms with Crippen molar-refractivity contribution >= 4 is 25.5 Å². The minimum absolute atomic E-state index is 0.00737. The van der Waals surface area contributed by atoms with Crippen LogP contribution in [0.25, 0.3) is 0 Å². The van der Waals surface area contributed by atoms with E-state index in [1.807, 2.05) is 6.08 Å². The van der Waals surface area contributed by atoms with Crippen molar-refractivity contribution in [2.24, 2.45) is 34.5 Å². The molecule has 0 radical (unpaired) electrons. The van der Waals surface area contributed by atoms with Crippen molar-refractivity contribution in [3.8, 4) is 0 Å². The Bertz CT molecular complexity index is 1110. The molecule has 4 aliphatic rings. The summed E-state index contributed by atoms with van der Waals surface area (Å²) < 4.78 is 27.4. The third kappa shape index (κ3) is 6.25. The second-order valence-electron chi connectivity index (χ2n) is 12.9. The van der Waals surface area contributed by atoms with Crippen LogP contribution >= 0.6 is 7.82 Å². The lowest BCUT2D eigenvalue weighted by molar-refractivity contribution is -0.141. The predicted octanol–water partition coefficient (Wildman–Crippen LogP) is 4.11. The van der Waals surface area contributed by atoms with Crippen molar-refractivity contribution in [3.05, 3.63) is 23.8 Å². The van der Waals surface area contributed by atoms with Gasteiger partial charge in [0.25, 0.3) is 0 Å². The normalized spacial score (nSPS) is 37.2. The van der Waals surface area contributed by atoms with E-state index in [-0.39, 0.29) is 47.9 Å². The van der Waals surface area contributed by atoms with Gasteiger partial charge in [-0.3, -0.25) is 18.6 Å². The Balaban J connectivity index is 1.33. The molecule has 0 aliphatic heterocycles. The third-order valence-corrected chi connectivity index (χ3v) is 10.2. The van der Waals surface area contributed by atoms with Gasteiger partial charge in [-0.2, -0.15) is 0 Å². The van der Waals surface area contributed by atoms with Crippen LogP contribution in [0.3, 0.4) is 0 Å². The number of aliphatic hydroxyl groups excluding tert-OH is 1. The molecular weight excluding hydrogens is 525 g/mol. The average Bonchev–Trinajstić information content (AvgIpc) is 3.16. The lowest BCUT2D eigenvalue weighted by Crippen LogP contribution is -2.56. The van der Waals surface area contributed by atoms with E-state index >= 15 is 0 Å². The zero-order valence-corrected chi connectivity index (χ0v) is 24.4. The van der Waals surface area contributed by atoms with Gasteiger partial charge >= 0.3 is 13.9 Å². The fraction of sp³-hybridized carbons (Fsp3) is 0.750. The maximum absolute atomic E-state index is 13.3. The summed E-state index contributed by atoms with van der Waals surface area (Å²) in [5, 5.41) is 13.9. The summed E-state index contributed by atoms with van der Waals surface area (Å²) in [5.74, 6) is -0.277. The summed E-state index contributed by atoms with van der Waals surface area (Å²) in [6.07, 6.45) is 7.54. The van der Waals surface area contributed by atoms with Gasteiger partial charge in [-0.25, -0.2) is 9.36 Å². The molecule has 4 aliphatic carbocycles. The number of fused-ring (bicyclic) bond motifs is 5. The number of ketones is 2. The number of phosphoric acid groups is 1. The molecule has 3 fully saturated rings. The van der Waals surface area contributed by atoms with E-state index in [1.165, 1.54) is 0 Å². The van der Waals surface area contributed by atoms with Gasteiger partial charge in [-0.1, -0.05) is 25.5 Å². The quantitative estimate of drug-likeness (QED) is 0.291. The van der Waals surface area contributed by atoms with Gasteiger partial charge in [-0.15, -0.1) is 0 Å². The fourth-order valence-corrected chi connectivity index (χ4v) is 8.45. The second kappa shape index (κ2) is 10.9. The highest BCUT2D eigenvalue weighted by molar-refractivity contribution is 7.47. The van der Waals surface area contributed by atoms with E-state index < -0.39 is 43.6 Å². The van der Waals surface area contributed by atoms with Crippen LogP contribution in [0.15, 0.2) is 23.8 Å². The number of phosphoric ester groups is 1. The molecular formula is C28H42NO9P. The van der Waals surface area contributed by atoms with Crippen molar-refractivity contribution in [1.29, 1.82) is 0 Å². The summed E-state index contributed by atoms with van der Waals surface area (Å²) in [6, 6.07) is 0. The Labute approximate surface area is 230 Å². The number of nitrogens with one attached hydrogen (secondary N) is 1. The molecule has 0 aromatic carbocycles. The van der Waals surface area contributed by atoms with Gasteiger partial charge in [-0.05, 0) is 82.3 Å². The first-order valence-corrected chi connectivity index (χ1v) is 15.3. The molecule has 3 saturated carbocycles. The second-order valence-corrected chi connectivity index (χ2v) is 14.4. The van der Waals surface area contributed by atoms with Crippen LogP contribution in [0.2, 0.25) is 0 Å². The number of rotatable bonds is 8. The molecule has 1 amide bonds. The summed E-state index contributed by atoms with van der Waals surface area (Å²) in [7, 11) is -4.52. The topological polar surface area (TPSA) is 148 Å². The maximum atomic E-state index is 13.3. The number of Topliss-reactive ketones (excluding diaryl/α,β-unsaturated/α-hetero) is 1. The van der Waals surface area contributed by atoms with Crippen molar-refractivity contribution in [1.82, 2.24) is 5.32 Å². The Kier molecular flexibility index (Phi) is 8.39. The van der Waals surface area contributed by atoms with Gasteiger partial charge < -0.3 is 20.1 Å². The largest absolute Gasteiger partial charge is 0.472 e. The van der Waals surface area contributed by atoms with Crippen LogP contribution < -0.4 is 5.32 Å². The summed E-state index contributed by atoms with van der Waals surface area (Å²) in [5.41, 5.74) is -0.418. The molecule has 39 heavy (non-hydrogen) atoms. The van der Waals surface area contributed by atoms with Crippen molar-refractivity contribution in [3.63, 3.8) is 0 Å². The van der Waals surface area contributed by atoms with E-state index in [0.29, 0.717) is 12.8 Å². The van der Waals surface area contributed by atoms with E-state index in [9.17, 15) is 28.9 Å². The minimum Gasteiger partial charge on any atom is -0.444 e. The molecule has 3 N–H and O–H groups in total. The highest BCUT2D eigenvalue weighted by Gasteiger charge is 2.62. The molecule has 0 heterocycles. The smallest absolute Gasteiger partial charge is 0.444 e. The van der Waals surface area contributed by atoms with Gasteiger partial charge in [0, 0.05) is 23.8 Å². The van der Waals surface area contributed by atoms with E-state index in [2.05, 4.69) is 19.2 Å². The molecule has 0 aromatic rings. The molecule has 0 saturated heterocycles. The highest BCUT2D eigenvalue weighted by Crippen LogP contribution is 2.66. The molecule has 0 bridgehead atoms. The van der Waals surface area contributed by atoms with Crippen LogP contribution in [0.1, 0.15) is 66.7 Å². The molecule has 0 aromatic heterocycles. The maximum Gasteiger partial charge on any atom is 0.472 e. The Morgan fingerprint density at radius 3 is 2.59 bits per heavy atom. The number of hydrogen-bond donors (Lipinski definition) is 3. The zero-order chi connectivity index (χ0) is 28.8. The van der Waals surface area contributed by atoms with Crippen molar-refractivity contribution in [2.75, 3.05) is 19.8 Å². The Morgan fingerprint density at radius 1 is 1.18 bits per heavy atom. The molecule has 0 spiro atoms. The average molecular weight is 568 g/mol. The number of carbonyl (C=O) groups is 3. The summed E-state index contributed by atoms with van der Waals surface area (Å²) in [4.78, 5) is 47.0. The first kappa shape index (κ1) is 30.1. The molecule has 4 rings (SSSR count). The van der Waals surface area contributed by atoms with Gasteiger partial charge in [0.05, 0.1) is 12.7 Å². The number of amides is 1. The number of hydrogen-bond acceptors (Lipinski definition) is 8. The first-order valence-electron chi connectivity index (χ1n) is 13.8. The van der Waals surface area contributed by atoms with E-state index in [1.54, 1.807) is 32.9 Å². The van der Waals surface area contributed by atoms with Crippen LogP contribution in [-0.4, -0.2) is 59.1 Å². The Morgan fingerprint density at radius 2 is 1.90 bits per heavy atom. The van der Waals surface area contributed by atoms with Crippen molar-refractivity contribution in [2.45, 2.75) is 78.4 Å². The van der Waals surface area contributed by atoms with Crippen molar-refractivity contribution < 1.29 is 42.7 Å². The van der Waals surface area contributed by atoms with Gasteiger partial charge in [0.15, 0.2) is 11.6 Å². The first-order chi connectivity index (χ1) is 18.1. The highest BCUT2D eigenvalue weighted by atomic mass is 31.2. The molecule has 8 atom stereocenters. The predicted molar refractivity (Wildman–Crippen MR) is 142 cm³/mol. The van der Waals surface area contributed by atoms with Gasteiger partial charge in [0.2, 0.25) is 0 Å². The number of carbonyl (C=O) groups excluding carboxylic acids is 3. The molecule has 218 valence electrons. The summed E-state index contributed by atoms with van der Waals surface area (Å²) in [6.45, 7) is 8.38. The van der Waals surface area contributed by atoms with Crippen LogP contribution in [-0.2, 0) is 27.9 Å². The summed E-state index contributed by atoms with van der Waals surface area (Å²) >= 11 is 0. The minimum atomic E-state index is -4.52. The zero-order valence-electron chi connectivity index (χ0n) is 23.5. The lowest BCUT2D eigenvalue weighted by Gasteiger charge is -2.58. The molecule has 8 unspecified atom stereocenters. The standard InChI is InChI=1S/C28H42NO9P/c1-26(2,3)38-25(33)29-12-13-36-39(34,35)37-16-23(32)21-9-8-20-19-7-6-17-14-18(30)10-11-27(17,4)24(19)22(31)15-28(20,21)5/h10-11,14,19-22,24,31H,6-9,12-13,15-16H2,1-5H3,(H,29,33)(H,34,35). The number of aliphatic hydroxyl groups is 1.